The third-order valence-corrected chi connectivity index (χ3v) is 5.73. The van der Waals surface area contributed by atoms with Crippen LogP contribution in [0.4, 0.5) is 0 Å². The SMILES string of the molecule is O=C(CO)N[C@@H]1c2ccccc2C[C@H]1NC(=O)c1cc2cc(Cl)sc2[nH]1. The quantitative estimate of drug-likeness (QED) is 0.552. The summed E-state index contributed by atoms with van der Waals surface area (Å²) < 4.78 is 0.663. The molecule has 0 radical (unpaired) electrons. The number of hydrogen-bond donors (Lipinski definition) is 4. The molecule has 0 unspecified atom stereocenters. The third kappa shape index (κ3) is 3.09. The normalized spacial score (nSPS) is 18.7. The number of aromatic amines is 1. The van der Waals surface area contributed by atoms with Crippen molar-refractivity contribution in [3.05, 3.63) is 57.6 Å². The van der Waals surface area contributed by atoms with Crippen LogP contribution < -0.4 is 10.6 Å². The van der Waals surface area contributed by atoms with Gasteiger partial charge in [-0.15, -0.1) is 11.3 Å². The van der Waals surface area contributed by atoms with Gasteiger partial charge in [-0.1, -0.05) is 35.9 Å². The summed E-state index contributed by atoms with van der Waals surface area (Å²) in [5.74, 6) is -0.716. The molecule has 4 N–H and O–H groups in total. The minimum atomic E-state index is -0.590. The van der Waals surface area contributed by atoms with Crippen molar-refractivity contribution in [3.63, 3.8) is 0 Å². The standard InChI is InChI=1S/C18H16ClN3O3S/c19-14-7-10-6-13(21-18(10)26-14)17(25)20-12-5-9-3-1-2-4-11(9)16(12)22-15(24)8-23/h1-4,6-7,12,16,21,23H,5,8H2,(H,20,25)(H,22,24)/t12-,16-/m1/s1. The largest absolute Gasteiger partial charge is 0.387 e. The highest BCUT2D eigenvalue weighted by atomic mass is 35.5. The summed E-state index contributed by atoms with van der Waals surface area (Å²) in [7, 11) is 0. The van der Waals surface area contributed by atoms with Crippen molar-refractivity contribution >= 4 is 45.0 Å². The summed E-state index contributed by atoms with van der Waals surface area (Å²) in [4.78, 5) is 28.3. The van der Waals surface area contributed by atoms with Crippen LogP contribution in [-0.4, -0.2) is 34.6 Å². The van der Waals surface area contributed by atoms with Crippen molar-refractivity contribution in [2.45, 2.75) is 18.5 Å². The van der Waals surface area contributed by atoms with Crippen molar-refractivity contribution < 1.29 is 14.7 Å². The van der Waals surface area contributed by atoms with Gasteiger partial charge in [-0.2, -0.15) is 0 Å². The smallest absolute Gasteiger partial charge is 0.268 e. The predicted molar refractivity (Wildman–Crippen MR) is 101 cm³/mol. The molecule has 1 aliphatic carbocycles. The van der Waals surface area contributed by atoms with Gasteiger partial charge in [0.25, 0.3) is 5.91 Å². The molecule has 0 saturated heterocycles. The highest BCUT2D eigenvalue weighted by Crippen LogP contribution is 2.32. The molecule has 3 aromatic rings. The van der Waals surface area contributed by atoms with Crippen LogP contribution in [0.15, 0.2) is 36.4 Å². The van der Waals surface area contributed by atoms with Gasteiger partial charge in [0, 0.05) is 5.39 Å². The van der Waals surface area contributed by atoms with Gasteiger partial charge in [0.05, 0.1) is 16.4 Å². The molecule has 1 aromatic carbocycles. The van der Waals surface area contributed by atoms with Crippen molar-refractivity contribution in [1.82, 2.24) is 15.6 Å². The Morgan fingerprint density at radius 3 is 2.85 bits per heavy atom. The minimum absolute atomic E-state index is 0.245. The molecular formula is C18H16ClN3O3S. The summed E-state index contributed by atoms with van der Waals surface area (Å²) >= 11 is 7.34. The molecule has 8 heteroatoms. The monoisotopic (exact) mass is 389 g/mol. The van der Waals surface area contributed by atoms with E-state index in [0.717, 1.165) is 21.3 Å². The van der Waals surface area contributed by atoms with Gasteiger partial charge in [-0.25, -0.2) is 0 Å². The van der Waals surface area contributed by atoms with Crippen LogP contribution in [0.1, 0.15) is 27.7 Å². The number of aliphatic hydroxyl groups is 1. The molecule has 0 fully saturated rings. The number of carbonyl (C=O) groups is 2. The molecule has 6 nitrogen and oxygen atoms in total. The van der Waals surface area contributed by atoms with Gasteiger partial charge < -0.3 is 20.7 Å². The lowest BCUT2D eigenvalue weighted by Gasteiger charge is -2.22. The van der Waals surface area contributed by atoms with Crippen LogP contribution in [0.3, 0.4) is 0 Å². The maximum Gasteiger partial charge on any atom is 0.268 e. The average Bonchev–Trinajstić information content (AvgIpc) is 3.26. The maximum atomic E-state index is 12.7. The van der Waals surface area contributed by atoms with Crippen molar-refractivity contribution in [3.8, 4) is 0 Å². The number of carbonyl (C=O) groups excluding carboxylic acids is 2. The molecule has 2 atom stereocenters. The molecule has 2 heterocycles. The molecule has 4 rings (SSSR count). The van der Waals surface area contributed by atoms with Crippen LogP contribution in [0.25, 0.3) is 10.2 Å². The number of hydrogen-bond acceptors (Lipinski definition) is 4. The average molecular weight is 390 g/mol. The van der Waals surface area contributed by atoms with Gasteiger partial charge in [0.15, 0.2) is 0 Å². The van der Waals surface area contributed by atoms with Crippen molar-refractivity contribution in [2.24, 2.45) is 0 Å². The van der Waals surface area contributed by atoms with E-state index in [-0.39, 0.29) is 18.0 Å². The number of aliphatic hydroxyl groups excluding tert-OH is 1. The lowest BCUT2D eigenvalue weighted by molar-refractivity contribution is -0.124. The molecule has 2 aromatic heterocycles. The van der Waals surface area contributed by atoms with Crippen LogP contribution in [-0.2, 0) is 11.2 Å². The summed E-state index contributed by atoms with van der Waals surface area (Å²) in [5, 5.41) is 15.7. The third-order valence-electron chi connectivity index (χ3n) is 4.53. The molecule has 0 spiro atoms. The van der Waals surface area contributed by atoms with Crippen LogP contribution >= 0.6 is 22.9 Å². The highest BCUT2D eigenvalue weighted by molar-refractivity contribution is 7.22. The Hall–Kier alpha value is -2.35. The maximum absolute atomic E-state index is 12.7. The Morgan fingerprint density at radius 2 is 2.08 bits per heavy atom. The Bertz CT molecular complexity index is 965. The summed E-state index contributed by atoms with van der Waals surface area (Å²) in [6.07, 6.45) is 0.610. The van der Waals surface area contributed by atoms with Gasteiger partial charge >= 0.3 is 0 Å². The Balaban J connectivity index is 1.56. The molecule has 0 aliphatic heterocycles. The molecule has 0 bridgehead atoms. The summed E-state index contributed by atoms with van der Waals surface area (Å²) in [6.45, 7) is -0.590. The van der Waals surface area contributed by atoms with E-state index in [2.05, 4.69) is 15.6 Å². The van der Waals surface area contributed by atoms with Crippen LogP contribution in [0.5, 0.6) is 0 Å². The van der Waals surface area contributed by atoms with E-state index >= 15 is 0 Å². The number of amides is 2. The van der Waals surface area contributed by atoms with E-state index in [1.165, 1.54) is 11.3 Å². The van der Waals surface area contributed by atoms with Gasteiger partial charge in [-0.05, 0) is 29.7 Å². The number of nitrogens with one attached hydrogen (secondary N) is 3. The Morgan fingerprint density at radius 1 is 1.27 bits per heavy atom. The lowest BCUT2D eigenvalue weighted by atomic mass is 10.1. The molecule has 0 saturated carbocycles. The second-order valence-electron chi connectivity index (χ2n) is 6.20. The number of thiophene rings is 1. The Kier molecular flexibility index (Phi) is 4.44. The summed E-state index contributed by atoms with van der Waals surface area (Å²) in [6, 6.07) is 10.6. The zero-order chi connectivity index (χ0) is 18.3. The zero-order valence-electron chi connectivity index (χ0n) is 13.6. The first-order valence-corrected chi connectivity index (χ1v) is 9.31. The van der Waals surface area contributed by atoms with Crippen LogP contribution in [0, 0.1) is 0 Å². The number of halogens is 1. The predicted octanol–water partition coefficient (Wildman–Crippen LogP) is 2.39. The van der Waals surface area contributed by atoms with Crippen LogP contribution in [0.2, 0.25) is 4.34 Å². The van der Waals surface area contributed by atoms with Gasteiger partial charge in [-0.3, -0.25) is 9.59 Å². The second kappa shape index (κ2) is 6.75. The molecule has 134 valence electrons. The number of fused-ring (bicyclic) bond motifs is 2. The lowest BCUT2D eigenvalue weighted by Crippen LogP contribution is -2.45. The van der Waals surface area contributed by atoms with Gasteiger partial charge in [0.1, 0.15) is 17.1 Å². The highest BCUT2D eigenvalue weighted by Gasteiger charge is 2.34. The fraction of sp³-hybridized carbons (Fsp3) is 0.222. The second-order valence-corrected chi connectivity index (χ2v) is 7.89. The zero-order valence-corrected chi connectivity index (χ0v) is 15.2. The first-order chi connectivity index (χ1) is 12.5. The molecule has 1 aliphatic rings. The first kappa shape index (κ1) is 17.1. The van der Waals surface area contributed by atoms with Gasteiger partial charge in [0.2, 0.25) is 5.91 Å². The fourth-order valence-corrected chi connectivity index (χ4v) is 4.51. The molecule has 26 heavy (non-hydrogen) atoms. The van der Waals surface area contributed by atoms with Crippen molar-refractivity contribution in [2.75, 3.05) is 6.61 Å². The molecule has 2 amide bonds. The fourth-order valence-electron chi connectivity index (χ4n) is 3.39. The van der Waals surface area contributed by atoms with E-state index < -0.39 is 12.5 Å². The topological polar surface area (TPSA) is 94.2 Å². The Labute approximate surface area is 158 Å². The summed E-state index contributed by atoms with van der Waals surface area (Å²) in [5.41, 5.74) is 2.48. The van der Waals surface area contributed by atoms with Crippen molar-refractivity contribution in [1.29, 1.82) is 0 Å². The van der Waals surface area contributed by atoms with E-state index in [4.69, 9.17) is 16.7 Å². The van der Waals surface area contributed by atoms with E-state index in [1.807, 2.05) is 30.3 Å². The number of H-pyrrole nitrogens is 1. The van der Waals surface area contributed by atoms with E-state index in [9.17, 15) is 9.59 Å². The van der Waals surface area contributed by atoms with E-state index in [1.54, 1.807) is 6.07 Å². The minimum Gasteiger partial charge on any atom is -0.387 e. The van der Waals surface area contributed by atoms with E-state index in [0.29, 0.717) is 16.5 Å². The number of rotatable bonds is 4. The number of aromatic nitrogens is 1. The molecular weight excluding hydrogens is 374 g/mol. The number of benzene rings is 1. The first-order valence-electron chi connectivity index (χ1n) is 8.12.